The third-order valence-electron chi connectivity index (χ3n) is 5.07. The maximum atomic E-state index is 13.3. The van der Waals surface area contributed by atoms with E-state index in [1.807, 2.05) is 12.1 Å². The predicted octanol–water partition coefficient (Wildman–Crippen LogP) is 4.00. The summed E-state index contributed by atoms with van der Waals surface area (Å²) in [6.45, 7) is 0.547. The van der Waals surface area contributed by atoms with Gasteiger partial charge in [0.15, 0.2) is 0 Å². The molecular formula is C21H19ClN2O3S. The number of halogens is 1. The molecule has 1 saturated heterocycles. The molecule has 2 aromatic carbocycles. The number of para-hydroxylation sites is 1. The van der Waals surface area contributed by atoms with Gasteiger partial charge < -0.3 is 4.90 Å². The number of rotatable bonds is 3. The summed E-state index contributed by atoms with van der Waals surface area (Å²) in [5.74, 6) is -0.700. The van der Waals surface area contributed by atoms with E-state index < -0.39 is 6.04 Å². The van der Waals surface area contributed by atoms with Crippen molar-refractivity contribution in [1.29, 1.82) is 0 Å². The highest BCUT2D eigenvalue weighted by Crippen LogP contribution is 2.32. The molecule has 2 aliphatic rings. The topological polar surface area (TPSA) is 57.7 Å². The molecule has 144 valence electrons. The van der Waals surface area contributed by atoms with Crippen LogP contribution in [0, 0.1) is 0 Å². The van der Waals surface area contributed by atoms with E-state index in [-0.39, 0.29) is 23.5 Å². The molecule has 5 nitrogen and oxygen atoms in total. The van der Waals surface area contributed by atoms with E-state index in [2.05, 4.69) is 0 Å². The lowest BCUT2D eigenvalue weighted by Crippen LogP contribution is -2.52. The standard InChI is InChI=1S/C21H19ClN2O3S/c22-14-8-10-15(11-9-14)28-13-19(25)24-17-6-2-1-5-16(17)20(26)23-12-4-3-7-18(23)21(24)27/h1-2,5-6,8-11,18H,3-4,7,12-13H2. The number of nitrogens with zero attached hydrogens (tertiary/aromatic N) is 2. The van der Waals surface area contributed by atoms with Gasteiger partial charge in [-0.25, -0.2) is 4.90 Å². The number of imide groups is 1. The number of piperidine rings is 1. The van der Waals surface area contributed by atoms with Crippen LogP contribution < -0.4 is 4.90 Å². The minimum atomic E-state index is -0.571. The zero-order chi connectivity index (χ0) is 19.7. The summed E-state index contributed by atoms with van der Waals surface area (Å²) in [6, 6.07) is 13.5. The first-order valence-corrected chi connectivity index (χ1v) is 10.6. The number of hydrogen-bond donors (Lipinski definition) is 0. The molecule has 3 amide bonds. The number of benzene rings is 2. The molecule has 0 spiro atoms. The smallest absolute Gasteiger partial charge is 0.256 e. The number of hydrogen-bond acceptors (Lipinski definition) is 4. The Morgan fingerprint density at radius 1 is 1.07 bits per heavy atom. The van der Waals surface area contributed by atoms with E-state index in [1.165, 1.54) is 16.7 Å². The van der Waals surface area contributed by atoms with E-state index in [0.29, 0.717) is 29.2 Å². The number of amides is 3. The summed E-state index contributed by atoms with van der Waals surface area (Å²) in [7, 11) is 0. The second-order valence-corrected chi connectivity index (χ2v) is 8.32. The fourth-order valence-corrected chi connectivity index (χ4v) is 4.57. The van der Waals surface area contributed by atoms with Crippen molar-refractivity contribution in [3.8, 4) is 0 Å². The van der Waals surface area contributed by atoms with Crippen LogP contribution in [0.5, 0.6) is 0 Å². The van der Waals surface area contributed by atoms with Crippen LogP contribution in [0.2, 0.25) is 5.02 Å². The Balaban J connectivity index is 1.64. The number of fused-ring (bicyclic) bond motifs is 2. The molecule has 2 aromatic rings. The second-order valence-electron chi connectivity index (χ2n) is 6.84. The van der Waals surface area contributed by atoms with Gasteiger partial charge in [-0.2, -0.15) is 0 Å². The molecule has 4 rings (SSSR count). The summed E-state index contributed by atoms with van der Waals surface area (Å²) in [5, 5.41) is 0.628. The van der Waals surface area contributed by atoms with Crippen molar-refractivity contribution in [2.75, 3.05) is 17.2 Å². The molecule has 1 atom stereocenters. The number of thioether (sulfide) groups is 1. The minimum absolute atomic E-state index is 0.0998. The van der Waals surface area contributed by atoms with Crippen LogP contribution in [0.4, 0.5) is 5.69 Å². The maximum Gasteiger partial charge on any atom is 0.256 e. The minimum Gasteiger partial charge on any atom is -0.327 e. The zero-order valence-electron chi connectivity index (χ0n) is 15.1. The zero-order valence-corrected chi connectivity index (χ0v) is 16.7. The third kappa shape index (κ3) is 3.54. The Morgan fingerprint density at radius 2 is 1.82 bits per heavy atom. The second kappa shape index (κ2) is 7.97. The van der Waals surface area contributed by atoms with Crippen LogP contribution in [0.1, 0.15) is 29.6 Å². The fourth-order valence-electron chi connectivity index (χ4n) is 3.70. The van der Waals surface area contributed by atoms with Gasteiger partial charge in [0.2, 0.25) is 5.91 Å². The normalized spacial score (nSPS) is 19.1. The van der Waals surface area contributed by atoms with Crippen molar-refractivity contribution in [3.05, 3.63) is 59.1 Å². The van der Waals surface area contributed by atoms with Crippen molar-refractivity contribution < 1.29 is 14.4 Å². The fraction of sp³-hybridized carbons (Fsp3) is 0.286. The molecule has 28 heavy (non-hydrogen) atoms. The van der Waals surface area contributed by atoms with Crippen LogP contribution in [-0.4, -0.2) is 41.0 Å². The van der Waals surface area contributed by atoms with E-state index in [9.17, 15) is 14.4 Å². The first-order valence-electron chi connectivity index (χ1n) is 9.21. The van der Waals surface area contributed by atoms with Crippen molar-refractivity contribution in [3.63, 3.8) is 0 Å². The highest BCUT2D eigenvalue weighted by Gasteiger charge is 2.42. The average Bonchev–Trinajstić information content (AvgIpc) is 2.81. The molecule has 2 heterocycles. The van der Waals surface area contributed by atoms with E-state index >= 15 is 0 Å². The lowest BCUT2D eigenvalue weighted by atomic mass is 10.0. The highest BCUT2D eigenvalue weighted by atomic mass is 35.5. The highest BCUT2D eigenvalue weighted by molar-refractivity contribution is 8.00. The van der Waals surface area contributed by atoms with Crippen molar-refractivity contribution in [2.45, 2.75) is 30.2 Å². The monoisotopic (exact) mass is 414 g/mol. The predicted molar refractivity (Wildman–Crippen MR) is 110 cm³/mol. The Hall–Kier alpha value is -2.31. The van der Waals surface area contributed by atoms with Gasteiger partial charge in [0.05, 0.1) is 17.0 Å². The molecule has 0 radical (unpaired) electrons. The molecule has 0 N–H and O–H groups in total. The molecule has 0 aromatic heterocycles. The molecule has 1 unspecified atom stereocenters. The maximum absolute atomic E-state index is 13.3. The Kier molecular flexibility index (Phi) is 5.42. The molecule has 0 aliphatic carbocycles. The molecule has 0 bridgehead atoms. The molecule has 2 aliphatic heterocycles. The lowest BCUT2D eigenvalue weighted by molar-refractivity contribution is -0.128. The largest absolute Gasteiger partial charge is 0.327 e. The summed E-state index contributed by atoms with van der Waals surface area (Å²) < 4.78 is 0. The van der Waals surface area contributed by atoms with Gasteiger partial charge in [0.25, 0.3) is 11.8 Å². The van der Waals surface area contributed by atoms with Gasteiger partial charge in [-0.15, -0.1) is 11.8 Å². The molecule has 7 heteroatoms. The third-order valence-corrected chi connectivity index (χ3v) is 6.32. The van der Waals surface area contributed by atoms with E-state index in [1.54, 1.807) is 41.3 Å². The van der Waals surface area contributed by atoms with Gasteiger partial charge >= 0.3 is 0 Å². The van der Waals surface area contributed by atoms with Gasteiger partial charge in [-0.1, -0.05) is 23.7 Å². The number of carbonyl (C=O) groups excluding carboxylic acids is 3. The number of anilines is 1. The van der Waals surface area contributed by atoms with Crippen LogP contribution in [0.3, 0.4) is 0 Å². The summed E-state index contributed by atoms with van der Waals surface area (Å²) in [6.07, 6.45) is 2.34. The Labute approximate surface area is 172 Å². The molecule has 0 saturated carbocycles. The number of carbonyl (C=O) groups is 3. The van der Waals surface area contributed by atoms with Crippen molar-refractivity contribution in [2.24, 2.45) is 0 Å². The van der Waals surface area contributed by atoms with E-state index in [4.69, 9.17) is 11.6 Å². The van der Waals surface area contributed by atoms with Crippen LogP contribution >= 0.6 is 23.4 Å². The van der Waals surface area contributed by atoms with Crippen LogP contribution in [0.25, 0.3) is 0 Å². The first-order chi connectivity index (χ1) is 13.6. The van der Waals surface area contributed by atoms with E-state index in [0.717, 1.165) is 17.7 Å². The quantitative estimate of drug-likeness (QED) is 0.712. The molecular weight excluding hydrogens is 396 g/mol. The van der Waals surface area contributed by atoms with Gasteiger partial charge in [0, 0.05) is 16.5 Å². The SMILES string of the molecule is O=C(CSc1ccc(Cl)cc1)N1C(=O)C2CCCCN2C(=O)c2ccccc21. The van der Waals surface area contributed by atoms with Crippen LogP contribution in [0.15, 0.2) is 53.4 Å². The Morgan fingerprint density at radius 3 is 2.61 bits per heavy atom. The van der Waals surface area contributed by atoms with Gasteiger partial charge in [-0.05, 0) is 55.7 Å². The van der Waals surface area contributed by atoms with Gasteiger partial charge in [-0.3, -0.25) is 14.4 Å². The molecule has 1 fully saturated rings. The Bertz CT molecular complexity index is 932. The summed E-state index contributed by atoms with van der Waals surface area (Å²) in [4.78, 5) is 43.1. The average molecular weight is 415 g/mol. The lowest BCUT2D eigenvalue weighted by Gasteiger charge is -2.34. The summed E-state index contributed by atoms with van der Waals surface area (Å²) in [5.41, 5.74) is 0.790. The van der Waals surface area contributed by atoms with Crippen molar-refractivity contribution in [1.82, 2.24) is 4.90 Å². The first kappa shape index (κ1) is 19.0. The summed E-state index contributed by atoms with van der Waals surface area (Å²) >= 11 is 7.25. The van der Waals surface area contributed by atoms with Gasteiger partial charge in [0.1, 0.15) is 6.04 Å². The van der Waals surface area contributed by atoms with Crippen molar-refractivity contribution >= 4 is 46.8 Å². The van der Waals surface area contributed by atoms with Crippen LogP contribution in [-0.2, 0) is 9.59 Å².